The Morgan fingerprint density at radius 3 is 3.13 bits per heavy atom. The average molecular weight is 221 g/mol. The van der Waals surface area contributed by atoms with Crippen LogP contribution in [0.2, 0.25) is 5.02 Å². The van der Waals surface area contributed by atoms with E-state index in [4.69, 9.17) is 21.9 Å². The molecule has 1 aromatic heterocycles. The number of aromatic nitrogens is 1. The van der Waals surface area contributed by atoms with E-state index in [-0.39, 0.29) is 0 Å². The Kier molecular flexibility index (Phi) is 1.84. The van der Waals surface area contributed by atoms with Crippen LogP contribution >= 0.6 is 11.6 Å². The molecule has 76 valence electrons. The Morgan fingerprint density at radius 2 is 2.33 bits per heavy atom. The van der Waals surface area contributed by atoms with E-state index in [1.165, 1.54) is 5.56 Å². The molecule has 0 unspecified atom stereocenters. The largest absolute Gasteiger partial charge is 0.356 e. The fourth-order valence-corrected chi connectivity index (χ4v) is 2.21. The zero-order valence-corrected chi connectivity index (χ0v) is 8.71. The molecule has 0 spiro atoms. The van der Waals surface area contributed by atoms with E-state index >= 15 is 0 Å². The van der Waals surface area contributed by atoms with E-state index in [9.17, 15) is 0 Å². The first-order chi connectivity index (χ1) is 7.29. The molecule has 1 aliphatic carbocycles. The summed E-state index contributed by atoms with van der Waals surface area (Å²) in [7, 11) is 0. The predicted molar refractivity (Wildman–Crippen MR) is 57.6 cm³/mol. The summed E-state index contributed by atoms with van der Waals surface area (Å²) in [6.07, 6.45) is 0.821. The first-order valence-corrected chi connectivity index (χ1v) is 5.13. The van der Waals surface area contributed by atoms with Gasteiger partial charge < -0.3 is 10.3 Å². The van der Waals surface area contributed by atoms with Crippen molar-refractivity contribution in [1.29, 1.82) is 0 Å². The van der Waals surface area contributed by atoms with Gasteiger partial charge in [0.2, 0.25) is 0 Å². The van der Waals surface area contributed by atoms with Crippen molar-refractivity contribution in [3.05, 3.63) is 40.0 Å². The summed E-state index contributed by atoms with van der Waals surface area (Å²) in [5.74, 6) is 0.849. The molecule has 3 nitrogen and oxygen atoms in total. The third kappa shape index (κ3) is 1.20. The van der Waals surface area contributed by atoms with Gasteiger partial charge in [-0.3, -0.25) is 0 Å². The van der Waals surface area contributed by atoms with E-state index in [1.54, 1.807) is 0 Å². The number of benzene rings is 1. The van der Waals surface area contributed by atoms with Crippen LogP contribution in [0.5, 0.6) is 0 Å². The molecule has 0 radical (unpaired) electrons. The van der Waals surface area contributed by atoms with Crippen LogP contribution in [-0.2, 0) is 13.0 Å². The van der Waals surface area contributed by atoms with Crippen LogP contribution in [0.1, 0.15) is 16.8 Å². The van der Waals surface area contributed by atoms with E-state index in [2.05, 4.69) is 5.16 Å². The zero-order valence-electron chi connectivity index (χ0n) is 7.96. The van der Waals surface area contributed by atoms with Crippen molar-refractivity contribution in [3.63, 3.8) is 0 Å². The minimum absolute atomic E-state index is 0.417. The smallest absolute Gasteiger partial charge is 0.170 e. The molecular formula is C11H9ClN2O. The lowest BCUT2D eigenvalue weighted by Gasteiger charge is -1.98. The summed E-state index contributed by atoms with van der Waals surface area (Å²) in [5, 5.41) is 4.70. The summed E-state index contributed by atoms with van der Waals surface area (Å²) in [6.45, 7) is 0.417. The number of nitrogens with two attached hydrogens (primary N) is 1. The van der Waals surface area contributed by atoms with Crippen LogP contribution in [-0.4, -0.2) is 5.16 Å². The van der Waals surface area contributed by atoms with Crippen LogP contribution in [0.4, 0.5) is 0 Å². The lowest BCUT2D eigenvalue weighted by Crippen LogP contribution is -1.99. The second kappa shape index (κ2) is 3.08. The third-order valence-electron chi connectivity index (χ3n) is 2.74. The van der Waals surface area contributed by atoms with Crippen molar-refractivity contribution < 1.29 is 4.52 Å². The Morgan fingerprint density at radius 1 is 1.47 bits per heavy atom. The molecule has 3 rings (SSSR count). The van der Waals surface area contributed by atoms with E-state index < -0.39 is 0 Å². The maximum atomic E-state index is 5.94. The summed E-state index contributed by atoms with van der Waals surface area (Å²) >= 11 is 5.94. The van der Waals surface area contributed by atoms with Crippen molar-refractivity contribution in [2.24, 2.45) is 5.73 Å². The van der Waals surface area contributed by atoms with Crippen LogP contribution in [0, 0.1) is 0 Å². The molecule has 4 heteroatoms. The van der Waals surface area contributed by atoms with Gasteiger partial charge in [-0.05, 0) is 23.8 Å². The Hall–Kier alpha value is -1.32. The molecule has 1 aromatic carbocycles. The van der Waals surface area contributed by atoms with Gasteiger partial charge in [0.1, 0.15) is 5.69 Å². The highest BCUT2D eigenvalue weighted by Gasteiger charge is 2.26. The van der Waals surface area contributed by atoms with Crippen LogP contribution < -0.4 is 5.73 Å². The Bertz CT molecular complexity index is 533. The van der Waals surface area contributed by atoms with Gasteiger partial charge in [0, 0.05) is 29.1 Å². The van der Waals surface area contributed by atoms with Crippen molar-refractivity contribution in [2.75, 3.05) is 0 Å². The van der Waals surface area contributed by atoms with Gasteiger partial charge in [-0.15, -0.1) is 0 Å². The van der Waals surface area contributed by atoms with Crippen molar-refractivity contribution in [1.82, 2.24) is 5.16 Å². The molecule has 0 saturated carbocycles. The minimum Gasteiger partial charge on any atom is -0.356 e. The second-order valence-corrected chi connectivity index (χ2v) is 4.06. The topological polar surface area (TPSA) is 52.0 Å². The number of fused-ring (bicyclic) bond motifs is 3. The molecule has 1 aliphatic rings. The minimum atomic E-state index is 0.417. The number of rotatable bonds is 1. The fourth-order valence-electron chi connectivity index (χ4n) is 2.02. The van der Waals surface area contributed by atoms with Crippen LogP contribution in [0.25, 0.3) is 11.3 Å². The van der Waals surface area contributed by atoms with Gasteiger partial charge in [0.15, 0.2) is 5.76 Å². The van der Waals surface area contributed by atoms with Crippen molar-refractivity contribution >= 4 is 11.6 Å². The van der Waals surface area contributed by atoms with E-state index in [0.717, 1.165) is 34.0 Å². The molecular weight excluding hydrogens is 212 g/mol. The van der Waals surface area contributed by atoms with Crippen molar-refractivity contribution in [2.45, 2.75) is 13.0 Å². The Labute approximate surface area is 91.8 Å². The quantitative estimate of drug-likeness (QED) is 0.685. The number of halogens is 1. The van der Waals surface area contributed by atoms with Gasteiger partial charge in [-0.25, -0.2) is 0 Å². The maximum Gasteiger partial charge on any atom is 0.170 e. The molecule has 0 aliphatic heterocycles. The molecule has 0 amide bonds. The molecule has 15 heavy (non-hydrogen) atoms. The molecule has 2 N–H and O–H groups in total. The number of nitrogens with zero attached hydrogens (tertiary/aromatic N) is 1. The normalized spacial score (nSPS) is 12.7. The summed E-state index contributed by atoms with van der Waals surface area (Å²) < 4.78 is 5.29. The summed E-state index contributed by atoms with van der Waals surface area (Å²) in [6, 6.07) is 5.79. The zero-order chi connectivity index (χ0) is 10.4. The third-order valence-corrected chi connectivity index (χ3v) is 2.98. The first-order valence-electron chi connectivity index (χ1n) is 4.76. The molecule has 0 fully saturated rings. The molecule has 0 saturated heterocycles. The number of hydrogen-bond donors (Lipinski definition) is 1. The van der Waals surface area contributed by atoms with Crippen LogP contribution in [0.15, 0.2) is 22.7 Å². The van der Waals surface area contributed by atoms with Gasteiger partial charge in [-0.2, -0.15) is 0 Å². The fraction of sp³-hybridized carbons (Fsp3) is 0.182. The maximum absolute atomic E-state index is 5.94. The van der Waals surface area contributed by atoms with E-state index in [0.29, 0.717) is 6.54 Å². The average Bonchev–Trinajstić information content (AvgIpc) is 2.74. The van der Waals surface area contributed by atoms with Gasteiger partial charge in [-0.1, -0.05) is 16.8 Å². The monoisotopic (exact) mass is 220 g/mol. The van der Waals surface area contributed by atoms with Gasteiger partial charge in [0.25, 0.3) is 0 Å². The highest BCUT2D eigenvalue weighted by atomic mass is 35.5. The molecule has 2 aromatic rings. The molecule has 0 bridgehead atoms. The van der Waals surface area contributed by atoms with E-state index in [1.807, 2.05) is 18.2 Å². The predicted octanol–water partition coefficient (Wildman–Crippen LogP) is 2.36. The highest BCUT2D eigenvalue weighted by Crippen LogP contribution is 2.39. The standard InChI is InChI=1S/C11H9ClN2O/c12-7-1-2-8-6(3-7)4-9-10(5-13)14-15-11(8)9/h1-3H,4-5,13H2. The lowest BCUT2D eigenvalue weighted by molar-refractivity contribution is 0.424. The number of hydrogen-bond acceptors (Lipinski definition) is 3. The highest BCUT2D eigenvalue weighted by molar-refractivity contribution is 6.30. The van der Waals surface area contributed by atoms with Crippen molar-refractivity contribution in [3.8, 4) is 11.3 Å². The van der Waals surface area contributed by atoms with Gasteiger partial charge in [0.05, 0.1) is 0 Å². The second-order valence-electron chi connectivity index (χ2n) is 3.62. The lowest BCUT2D eigenvalue weighted by atomic mass is 10.1. The first kappa shape index (κ1) is 8.95. The van der Waals surface area contributed by atoms with Gasteiger partial charge >= 0.3 is 0 Å². The Balaban J connectivity index is 2.20. The van der Waals surface area contributed by atoms with Crippen LogP contribution in [0.3, 0.4) is 0 Å². The molecule has 0 atom stereocenters. The molecule has 1 heterocycles. The summed E-state index contributed by atoms with van der Waals surface area (Å²) in [4.78, 5) is 0. The summed E-state index contributed by atoms with van der Waals surface area (Å²) in [5.41, 5.74) is 9.81. The SMILES string of the molecule is NCc1noc2c1Cc1cc(Cl)ccc1-2.